The number of aromatic amines is 1. The number of carbonyl (C=O) groups excluding carboxylic acids is 2. The van der Waals surface area contributed by atoms with Gasteiger partial charge in [-0.2, -0.15) is 4.57 Å². The number of fused-ring (bicyclic) bond motifs is 4. The molecule has 3 aromatic rings. The molecule has 8 nitrogen and oxygen atoms in total. The second-order valence-electron chi connectivity index (χ2n) is 10.8. The van der Waals surface area contributed by atoms with Crippen molar-refractivity contribution >= 4 is 22.6 Å². The zero-order valence-corrected chi connectivity index (χ0v) is 22.7. The molecule has 1 atom stereocenters. The van der Waals surface area contributed by atoms with Crippen molar-refractivity contribution in [3.8, 4) is 11.6 Å². The Labute approximate surface area is 224 Å². The van der Waals surface area contributed by atoms with Gasteiger partial charge in [0.15, 0.2) is 0 Å². The van der Waals surface area contributed by atoms with E-state index in [1.165, 1.54) is 0 Å². The maximum absolute atomic E-state index is 13.7. The number of Topliss-reactive ketones (excluding diaryl/α,β-unsaturated/α-hetero) is 1. The van der Waals surface area contributed by atoms with Crippen molar-refractivity contribution < 1.29 is 18.9 Å². The molecule has 5 heterocycles. The second-order valence-corrected chi connectivity index (χ2v) is 10.8. The summed E-state index contributed by atoms with van der Waals surface area (Å²) in [5.41, 5.74) is 0.757. The van der Waals surface area contributed by atoms with Crippen molar-refractivity contribution in [2.45, 2.75) is 70.8 Å². The summed E-state index contributed by atoms with van der Waals surface area (Å²) in [6.07, 6.45) is 11.4. The van der Waals surface area contributed by atoms with Crippen LogP contribution in [-0.4, -0.2) is 53.3 Å². The van der Waals surface area contributed by atoms with Crippen LogP contribution >= 0.6 is 0 Å². The molecule has 38 heavy (non-hydrogen) atoms. The summed E-state index contributed by atoms with van der Waals surface area (Å²) in [6.45, 7) is 4.95. The molecule has 0 spiro atoms. The molecular weight excluding hydrogens is 478 g/mol. The largest absolute Gasteiger partial charge is 0.496 e. The van der Waals surface area contributed by atoms with Crippen LogP contribution in [0.5, 0.6) is 5.75 Å². The first-order valence-corrected chi connectivity index (χ1v) is 14.1. The number of ether oxygens (including phenoxy) is 1. The molecule has 6 rings (SSSR count). The number of hydrogen-bond donors (Lipinski definition) is 2. The average molecular weight is 519 g/mol. The maximum atomic E-state index is 13.7. The Bertz CT molecular complexity index is 1260. The van der Waals surface area contributed by atoms with Crippen LogP contribution in [0.4, 0.5) is 0 Å². The van der Waals surface area contributed by atoms with Crippen LogP contribution in [0, 0.1) is 5.41 Å². The highest BCUT2D eigenvalue weighted by molar-refractivity contribution is 5.83. The molecule has 3 aliphatic heterocycles. The fourth-order valence-electron chi connectivity index (χ4n) is 6.00. The normalized spacial score (nSPS) is 21.4. The minimum Gasteiger partial charge on any atom is -0.496 e. The first kappa shape index (κ1) is 26.4. The van der Waals surface area contributed by atoms with E-state index >= 15 is 0 Å². The fourth-order valence-corrected chi connectivity index (χ4v) is 6.00. The first-order valence-electron chi connectivity index (χ1n) is 14.1. The van der Waals surface area contributed by atoms with Gasteiger partial charge in [0.25, 0.3) is 0 Å². The quantitative estimate of drug-likeness (QED) is 0.274. The van der Waals surface area contributed by atoms with Gasteiger partial charge in [-0.1, -0.05) is 31.9 Å². The molecule has 1 aromatic carbocycles. The zero-order chi connectivity index (χ0) is 26.5. The number of nitrogens with one attached hydrogen (secondary N) is 2. The Morgan fingerprint density at radius 3 is 2.63 bits per heavy atom. The second kappa shape index (κ2) is 11.6. The third kappa shape index (κ3) is 5.46. The summed E-state index contributed by atoms with van der Waals surface area (Å²) >= 11 is 0. The molecule has 2 aromatic heterocycles. The van der Waals surface area contributed by atoms with Gasteiger partial charge in [0, 0.05) is 18.9 Å². The summed E-state index contributed by atoms with van der Waals surface area (Å²) in [4.78, 5) is 36.1. The van der Waals surface area contributed by atoms with Crippen LogP contribution in [0.1, 0.15) is 76.6 Å². The van der Waals surface area contributed by atoms with E-state index in [0.29, 0.717) is 18.6 Å². The monoisotopic (exact) mass is 518 g/mol. The SMILES string of the molecule is CCC(=O)CCCCC[C@H](NC(=O)C12CCN(CC1)CC2)c1ncc(-[n+]2ccc(OC)c3ccccc32)[nH]1. The number of pyridine rings is 1. The van der Waals surface area contributed by atoms with Gasteiger partial charge in [-0.15, -0.1) is 0 Å². The lowest BCUT2D eigenvalue weighted by Gasteiger charge is -2.47. The molecule has 0 unspecified atom stereocenters. The van der Waals surface area contributed by atoms with E-state index in [9.17, 15) is 9.59 Å². The van der Waals surface area contributed by atoms with E-state index in [1.54, 1.807) is 7.11 Å². The van der Waals surface area contributed by atoms with Crippen LogP contribution in [0.3, 0.4) is 0 Å². The van der Waals surface area contributed by atoms with Gasteiger partial charge < -0.3 is 15.0 Å². The number of hydrogen-bond acceptors (Lipinski definition) is 5. The molecule has 8 heteroatoms. The number of carbonyl (C=O) groups is 2. The Kier molecular flexibility index (Phi) is 8.07. The molecule has 3 aliphatic rings. The van der Waals surface area contributed by atoms with Crippen molar-refractivity contribution in [1.29, 1.82) is 0 Å². The van der Waals surface area contributed by atoms with Gasteiger partial charge in [0.1, 0.15) is 35.5 Å². The lowest BCUT2D eigenvalue weighted by molar-refractivity contribution is -0.571. The van der Waals surface area contributed by atoms with Gasteiger partial charge in [0.2, 0.25) is 11.7 Å². The van der Waals surface area contributed by atoms with Crippen LogP contribution in [0.15, 0.2) is 42.7 Å². The number of imidazole rings is 1. The molecule has 3 fully saturated rings. The number of nitrogens with zero attached hydrogens (tertiary/aromatic N) is 3. The highest BCUT2D eigenvalue weighted by atomic mass is 16.5. The number of benzene rings is 1. The number of methoxy groups -OCH3 is 1. The first-order chi connectivity index (χ1) is 18.5. The van der Waals surface area contributed by atoms with Crippen molar-refractivity contribution in [2.75, 3.05) is 26.7 Å². The summed E-state index contributed by atoms with van der Waals surface area (Å²) in [7, 11) is 1.68. The third-order valence-corrected chi connectivity index (χ3v) is 8.55. The topological polar surface area (TPSA) is 91.2 Å². The number of rotatable bonds is 12. The molecule has 0 aliphatic carbocycles. The van der Waals surface area contributed by atoms with E-state index in [4.69, 9.17) is 9.72 Å². The molecular formula is C30H40N5O3+. The van der Waals surface area contributed by atoms with Crippen molar-refractivity contribution in [3.05, 3.63) is 48.5 Å². The lowest BCUT2D eigenvalue weighted by atomic mass is 9.71. The van der Waals surface area contributed by atoms with E-state index in [2.05, 4.69) is 25.8 Å². The number of H-pyrrole nitrogens is 1. The highest BCUT2D eigenvalue weighted by Gasteiger charge is 2.45. The highest BCUT2D eigenvalue weighted by Crippen LogP contribution is 2.40. The van der Waals surface area contributed by atoms with Gasteiger partial charge in [-0.3, -0.25) is 9.59 Å². The Balaban J connectivity index is 1.36. The van der Waals surface area contributed by atoms with Crippen LogP contribution in [0.2, 0.25) is 0 Å². The summed E-state index contributed by atoms with van der Waals surface area (Å²) in [6, 6.07) is 9.87. The minimum absolute atomic E-state index is 0.170. The number of piperidine rings is 3. The predicted octanol–water partition coefficient (Wildman–Crippen LogP) is 4.42. The third-order valence-electron chi connectivity index (χ3n) is 8.55. The Morgan fingerprint density at radius 2 is 1.89 bits per heavy atom. The van der Waals surface area contributed by atoms with Crippen LogP contribution in [0.25, 0.3) is 16.7 Å². The molecule has 202 valence electrons. The van der Waals surface area contributed by atoms with Crippen molar-refractivity contribution in [3.63, 3.8) is 0 Å². The number of aromatic nitrogens is 3. The lowest BCUT2D eigenvalue weighted by Crippen LogP contribution is -2.55. The fraction of sp³-hybridized carbons (Fsp3) is 0.533. The minimum atomic E-state index is -0.253. The smallest absolute Gasteiger partial charge is 0.304 e. The van der Waals surface area contributed by atoms with E-state index in [0.717, 1.165) is 92.9 Å². The molecule has 0 radical (unpaired) electrons. The number of unbranched alkanes of at least 4 members (excludes halogenated alkanes) is 2. The molecule has 0 saturated carbocycles. The Hall–Kier alpha value is -3.26. The number of para-hydroxylation sites is 1. The van der Waals surface area contributed by atoms with Gasteiger partial charge in [-0.25, -0.2) is 9.97 Å². The average Bonchev–Trinajstić information content (AvgIpc) is 3.46. The summed E-state index contributed by atoms with van der Waals surface area (Å²) in [5.74, 6) is 2.92. The Morgan fingerprint density at radius 1 is 1.13 bits per heavy atom. The summed E-state index contributed by atoms with van der Waals surface area (Å²) < 4.78 is 7.63. The number of amides is 1. The maximum Gasteiger partial charge on any atom is 0.304 e. The van der Waals surface area contributed by atoms with E-state index < -0.39 is 0 Å². The van der Waals surface area contributed by atoms with Gasteiger partial charge in [0.05, 0.1) is 17.9 Å². The summed E-state index contributed by atoms with van der Waals surface area (Å²) in [5, 5.41) is 4.42. The van der Waals surface area contributed by atoms with Gasteiger partial charge in [-0.05, 0) is 63.9 Å². The standard InChI is InChI=1S/C30H39N5O3/c1-3-22(36)9-5-4-6-11-24(32-29(37)30-14-18-34(19-15-30)20-16-30)28-31-21-27(33-28)35-17-13-26(38-2)23-10-7-8-12-25(23)35/h7-8,10,12-13,17,21,24H,3-6,9,11,14-16,18-20H2,1-2H3,(H-,31,32,33,37)/p+1/t24-/m0/s1. The van der Waals surface area contributed by atoms with E-state index in [1.807, 2.05) is 43.6 Å². The van der Waals surface area contributed by atoms with Gasteiger partial charge >= 0.3 is 5.82 Å². The molecule has 2 bridgehead atoms. The van der Waals surface area contributed by atoms with Crippen molar-refractivity contribution in [2.24, 2.45) is 5.41 Å². The van der Waals surface area contributed by atoms with Crippen LogP contribution < -0.4 is 14.6 Å². The zero-order valence-electron chi connectivity index (χ0n) is 22.7. The molecule has 3 saturated heterocycles. The van der Waals surface area contributed by atoms with Crippen LogP contribution in [-0.2, 0) is 9.59 Å². The predicted molar refractivity (Wildman–Crippen MR) is 146 cm³/mol. The van der Waals surface area contributed by atoms with Crippen molar-refractivity contribution in [1.82, 2.24) is 20.2 Å². The molecule has 1 amide bonds. The number of ketones is 1. The molecule has 2 N–H and O–H groups in total. The van der Waals surface area contributed by atoms with E-state index in [-0.39, 0.29) is 17.4 Å².